The third-order valence-electron chi connectivity index (χ3n) is 4.77. The summed E-state index contributed by atoms with van der Waals surface area (Å²) in [4.78, 5) is 16.7. The first kappa shape index (κ1) is 22.1. The van der Waals surface area contributed by atoms with E-state index >= 15 is 0 Å². The highest BCUT2D eigenvalue weighted by Gasteiger charge is 2.20. The zero-order valence-electron chi connectivity index (χ0n) is 16.9. The predicted octanol–water partition coefficient (Wildman–Crippen LogP) is 6.52. The van der Waals surface area contributed by atoms with Crippen LogP contribution in [0.2, 0.25) is 15.1 Å². The van der Waals surface area contributed by atoms with Gasteiger partial charge in [0, 0.05) is 27.4 Å². The molecule has 0 atom stereocenters. The van der Waals surface area contributed by atoms with Crippen molar-refractivity contribution in [2.45, 2.75) is 13.5 Å². The number of anilines is 1. The van der Waals surface area contributed by atoms with Gasteiger partial charge >= 0.3 is 6.03 Å². The van der Waals surface area contributed by atoms with Crippen LogP contribution in [-0.2, 0) is 6.54 Å². The summed E-state index contributed by atoms with van der Waals surface area (Å²) in [6.07, 6.45) is 1.68. The standard InChI is InChI=1S/C23H18Cl3N5O/c1-14-21(15-5-7-16(24)8-6-15)31(20-10-9-17(25)12-19(20)26)30-22(14)29-23(32)28-13-18-4-2-3-11-27-18/h2-12H,13H2,1H3,(H2,28,29,30,32). The smallest absolute Gasteiger partial charge is 0.320 e. The predicted molar refractivity (Wildman–Crippen MR) is 129 cm³/mol. The van der Waals surface area contributed by atoms with Crippen molar-refractivity contribution in [2.24, 2.45) is 0 Å². The molecule has 0 aliphatic rings. The molecule has 0 saturated carbocycles. The van der Waals surface area contributed by atoms with E-state index in [1.54, 1.807) is 41.2 Å². The number of benzene rings is 2. The number of carbonyl (C=O) groups excluding carboxylic acids is 1. The Morgan fingerprint density at radius 1 is 1.00 bits per heavy atom. The zero-order chi connectivity index (χ0) is 22.7. The van der Waals surface area contributed by atoms with Gasteiger partial charge in [-0.15, -0.1) is 5.10 Å². The van der Waals surface area contributed by atoms with Gasteiger partial charge in [-0.1, -0.05) is 53.0 Å². The maximum absolute atomic E-state index is 12.5. The molecule has 0 radical (unpaired) electrons. The minimum atomic E-state index is -0.395. The number of hydrogen-bond acceptors (Lipinski definition) is 3. The average Bonchev–Trinajstić information content (AvgIpc) is 3.09. The fraction of sp³-hybridized carbons (Fsp3) is 0.0870. The van der Waals surface area contributed by atoms with Crippen LogP contribution < -0.4 is 10.6 Å². The van der Waals surface area contributed by atoms with Crippen LogP contribution in [-0.4, -0.2) is 20.8 Å². The fourth-order valence-electron chi connectivity index (χ4n) is 3.21. The number of aromatic nitrogens is 3. The van der Waals surface area contributed by atoms with E-state index in [4.69, 9.17) is 34.8 Å². The lowest BCUT2D eigenvalue weighted by Gasteiger charge is -2.10. The van der Waals surface area contributed by atoms with Crippen molar-refractivity contribution < 1.29 is 4.79 Å². The largest absolute Gasteiger partial charge is 0.332 e. The van der Waals surface area contributed by atoms with Gasteiger partial charge < -0.3 is 5.32 Å². The number of nitrogens with one attached hydrogen (secondary N) is 2. The Morgan fingerprint density at radius 3 is 2.44 bits per heavy atom. The van der Waals surface area contributed by atoms with Crippen LogP contribution in [0.15, 0.2) is 66.9 Å². The Morgan fingerprint density at radius 2 is 1.75 bits per heavy atom. The Kier molecular flexibility index (Phi) is 6.65. The minimum absolute atomic E-state index is 0.291. The molecule has 162 valence electrons. The number of amides is 2. The third-order valence-corrected chi connectivity index (χ3v) is 5.56. The molecule has 0 aliphatic carbocycles. The molecule has 0 spiro atoms. The molecule has 2 aromatic heterocycles. The van der Waals surface area contributed by atoms with E-state index in [1.165, 1.54) is 0 Å². The summed E-state index contributed by atoms with van der Waals surface area (Å²) >= 11 is 18.6. The maximum Gasteiger partial charge on any atom is 0.320 e. The third kappa shape index (κ3) is 4.88. The molecule has 2 aromatic carbocycles. The van der Waals surface area contributed by atoms with Crippen molar-refractivity contribution in [3.05, 3.63) is 93.2 Å². The SMILES string of the molecule is Cc1c(NC(=O)NCc2ccccn2)nn(-c2ccc(Cl)cc2Cl)c1-c1ccc(Cl)cc1. The van der Waals surface area contributed by atoms with Crippen molar-refractivity contribution in [3.8, 4) is 16.9 Å². The van der Waals surface area contributed by atoms with Crippen LogP contribution in [0.1, 0.15) is 11.3 Å². The molecule has 2 heterocycles. The van der Waals surface area contributed by atoms with Crippen LogP contribution in [0.4, 0.5) is 10.6 Å². The Hall–Kier alpha value is -3.06. The molecular weight excluding hydrogens is 469 g/mol. The highest BCUT2D eigenvalue weighted by atomic mass is 35.5. The normalized spacial score (nSPS) is 10.8. The van der Waals surface area contributed by atoms with Crippen LogP contribution >= 0.6 is 34.8 Å². The fourth-order valence-corrected chi connectivity index (χ4v) is 3.83. The monoisotopic (exact) mass is 485 g/mol. The second-order valence-electron chi connectivity index (χ2n) is 6.97. The van der Waals surface area contributed by atoms with E-state index in [0.29, 0.717) is 33.1 Å². The van der Waals surface area contributed by atoms with Crippen LogP contribution in [0.3, 0.4) is 0 Å². The summed E-state index contributed by atoms with van der Waals surface area (Å²) < 4.78 is 1.69. The first-order valence-corrected chi connectivity index (χ1v) is 10.8. The van der Waals surface area contributed by atoms with E-state index in [9.17, 15) is 4.79 Å². The summed E-state index contributed by atoms with van der Waals surface area (Å²) in [6, 6.07) is 17.6. The van der Waals surface area contributed by atoms with Gasteiger partial charge in [0.15, 0.2) is 5.82 Å². The summed E-state index contributed by atoms with van der Waals surface area (Å²) in [6.45, 7) is 2.17. The lowest BCUT2D eigenvalue weighted by molar-refractivity contribution is 0.251. The quantitative estimate of drug-likeness (QED) is 0.337. The van der Waals surface area contributed by atoms with E-state index in [2.05, 4.69) is 20.7 Å². The summed E-state index contributed by atoms with van der Waals surface area (Å²) in [7, 11) is 0. The van der Waals surface area contributed by atoms with Crippen molar-refractivity contribution in [1.29, 1.82) is 0 Å². The number of urea groups is 1. The molecule has 2 N–H and O–H groups in total. The van der Waals surface area contributed by atoms with E-state index in [0.717, 1.165) is 22.5 Å². The lowest BCUT2D eigenvalue weighted by atomic mass is 10.1. The molecule has 4 aromatic rings. The van der Waals surface area contributed by atoms with E-state index in [-0.39, 0.29) is 0 Å². The van der Waals surface area contributed by atoms with Crippen LogP contribution in [0, 0.1) is 6.92 Å². The van der Waals surface area contributed by atoms with Gasteiger partial charge in [-0.2, -0.15) is 0 Å². The van der Waals surface area contributed by atoms with E-state index < -0.39 is 6.03 Å². The van der Waals surface area contributed by atoms with E-state index in [1.807, 2.05) is 37.3 Å². The topological polar surface area (TPSA) is 71.8 Å². The Bertz CT molecular complexity index is 1260. The van der Waals surface area contributed by atoms with Gasteiger partial charge in [-0.05, 0) is 49.4 Å². The molecule has 0 saturated heterocycles. The van der Waals surface area contributed by atoms with Crippen LogP contribution in [0.5, 0.6) is 0 Å². The molecule has 2 amide bonds. The second-order valence-corrected chi connectivity index (χ2v) is 8.25. The number of rotatable bonds is 5. The molecule has 9 heteroatoms. The molecule has 0 fully saturated rings. The second kappa shape index (κ2) is 9.61. The number of hydrogen-bond donors (Lipinski definition) is 2. The van der Waals surface area contributed by atoms with Crippen LogP contribution in [0.25, 0.3) is 16.9 Å². The number of carbonyl (C=O) groups is 1. The van der Waals surface area contributed by atoms with Gasteiger partial charge in [0.1, 0.15) is 0 Å². The number of pyridine rings is 1. The molecule has 6 nitrogen and oxygen atoms in total. The van der Waals surface area contributed by atoms with Gasteiger partial charge in [0.05, 0.1) is 28.6 Å². The highest BCUT2D eigenvalue weighted by molar-refractivity contribution is 6.35. The number of halogens is 3. The van der Waals surface area contributed by atoms with Gasteiger partial charge in [-0.25, -0.2) is 9.48 Å². The lowest BCUT2D eigenvalue weighted by Crippen LogP contribution is -2.29. The molecule has 32 heavy (non-hydrogen) atoms. The maximum atomic E-state index is 12.5. The summed E-state index contributed by atoms with van der Waals surface area (Å²) in [5.74, 6) is 0.402. The molecular formula is C23H18Cl3N5O. The van der Waals surface area contributed by atoms with Gasteiger partial charge in [-0.3, -0.25) is 10.3 Å². The first-order valence-electron chi connectivity index (χ1n) is 9.68. The minimum Gasteiger partial charge on any atom is -0.332 e. The van der Waals surface area contributed by atoms with Crippen molar-refractivity contribution in [1.82, 2.24) is 20.1 Å². The Labute approximate surface area is 200 Å². The van der Waals surface area contributed by atoms with Gasteiger partial charge in [0.25, 0.3) is 0 Å². The molecule has 0 aliphatic heterocycles. The summed E-state index contributed by atoms with van der Waals surface area (Å²) in [5, 5.41) is 11.8. The van der Waals surface area contributed by atoms with Gasteiger partial charge in [0.2, 0.25) is 0 Å². The van der Waals surface area contributed by atoms with Crippen molar-refractivity contribution in [2.75, 3.05) is 5.32 Å². The molecule has 4 rings (SSSR count). The zero-order valence-corrected chi connectivity index (χ0v) is 19.2. The highest BCUT2D eigenvalue weighted by Crippen LogP contribution is 2.34. The average molecular weight is 487 g/mol. The summed E-state index contributed by atoms with van der Waals surface area (Å²) in [5.41, 5.74) is 3.79. The van der Waals surface area contributed by atoms with Crippen molar-refractivity contribution in [3.63, 3.8) is 0 Å². The first-order chi connectivity index (χ1) is 15.4. The van der Waals surface area contributed by atoms with Crippen molar-refractivity contribution >= 4 is 46.7 Å². The number of nitrogens with zero attached hydrogens (tertiary/aromatic N) is 3. The Balaban J connectivity index is 1.69. The molecule has 0 unspecified atom stereocenters. The molecule has 0 bridgehead atoms.